The van der Waals surface area contributed by atoms with E-state index in [9.17, 15) is 30.3 Å². The minimum Gasteiger partial charge on any atom is -0.394 e. The first-order valence-electron chi connectivity index (χ1n) is 12.4. The van der Waals surface area contributed by atoms with Crippen molar-refractivity contribution in [2.75, 3.05) is 6.61 Å². The number of ether oxygens (including phenoxy) is 1. The smallest absolute Gasteiger partial charge is 0.202 e. The van der Waals surface area contributed by atoms with Gasteiger partial charge in [0.1, 0.15) is 30.2 Å². The van der Waals surface area contributed by atoms with Crippen LogP contribution in [0.15, 0.2) is 0 Å². The van der Waals surface area contributed by atoms with Crippen molar-refractivity contribution in [2.45, 2.75) is 140 Å². The topological polar surface area (TPSA) is 127 Å². The Morgan fingerprint density at radius 2 is 1.23 bits per heavy atom. The highest BCUT2D eigenvalue weighted by Gasteiger charge is 2.53. The molecule has 0 radical (unpaired) electrons. The van der Waals surface area contributed by atoms with Crippen molar-refractivity contribution in [3.05, 3.63) is 0 Å². The summed E-state index contributed by atoms with van der Waals surface area (Å²) in [6.07, 6.45) is 10.7. The zero-order valence-corrected chi connectivity index (χ0v) is 19.4. The van der Waals surface area contributed by atoms with Crippen LogP contribution >= 0.6 is 0 Å². The molecule has 1 aliphatic rings. The summed E-state index contributed by atoms with van der Waals surface area (Å²) in [6.45, 7) is 1.60. The van der Waals surface area contributed by atoms with Crippen molar-refractivity contribution < 1.29 is 35.1 Å². The Hall–Kier alpha value is -0.570. The van der Waals surface area contributed by atoms with E-state index in [0.29, 0.717) is 6.42 Å². The van der Waals surface area contributed by atoms with Gasteiger partial charge in [-0.3, -0.25) is 4.79 Å². The molecule has 184 valence electrons. The first-order chi connectivity index (χ1) is 14.9. The fourth-order valence-corrected chi connectivity index (χ4v) is 4.25. The number of aliphatic hydroxyl groups excluding tert-OH is 4. The highest BCUT2D eigenvalue weighted by molar-refractivity contribution is 5.79. The van der Waals surface area contributed by atoms with Crippen LogP contribution < -0.4 is 0 Å². The lowest BCUT2D eigenvalue weighted by Gasteiger charge is -2.45. The molecule has 0 aromatic heterocycles. The molecule has 1 aliphatic heterocycles. The molecule has 7 heteroatoms. The van der Waals surface area contributed by atoms with Gasteiger partial charge in [-0.15, -0.1) is 0 Å². The van der Waals surface area contributed by atoms with Crippen molar-refractivity contribution in [3.8, 4) is 0 Å². The van der Waals surface area contributed by atoms with Crippen LogP contribution in [0.3, 0.4) is 0 Å². The highest BCUT2D eigenvalue weighted by atomic mass is 16.7. The number of carbonyl (C=O) groups excluding carboxylic acids is 1. The molecule has 0 bridgehead atoms. The minimum atomic E-state index is -2.29. The van der Waals surface area contributed by atoms with Crippen LogP contribution in [0.4, 0.5) is 0 Å². The first kappa shape index (κ1) is 28.5. The van der Waals surface area contributed by atoms with Crippen molar-refractivity contribution >= 4 is 5.78 Å². The van der Waals surface area contributed by atoms with Gasteiger partial charge in [-0.1, -0.05) is 90.4 Å². The molecule has 7 nitrogen and oxygen atoms in total. The number of unbranched alkanes of at least 4 members (excludes halogenated alkanes) is 13. The Morgan fingerprint density at radius 3 is 1.68 bits per heavy atom. The van der Waals surface area contributed by atoms with Crippen molar-refractivity contribution in [1.29, 1.82) is 0 Å². The van der Waals surface area contributed by atoms with E-state index in [-0.39, 0.29) is 12.2 Å². The second-order valence-corrected chi connectivity index (χ2v) is 9.17. The van der Waals surface area contributed by atoms with Crippen LogP contribution in [0.5, 0.6) is 0 Å². The first-order valence-corrected chi connectivity index (χ1v) is 12.4. The molecule has 5 N–H and O–H groups in total. The summed E-state index contributed by atoms with van der Waals surface area (Å²) < 4.78 is 5.14. The van der Waals surface area contributed by atoms with E-state index in [0.717, 1.165) is 12.8 Å². The van der Waals surface area contributed by atoms with Gasteiger partial charge in [0, 0.05) is 6.42 Å². The molecule has 0 unspecified atom stereocenters. The van der Waals surface area contributed by atoms with Crippen molar-refractivity contribution in [3.63, 3.8) is 0 Å². The molecule has 1 saturated heterocycles. The molecule has 1 rings (SSSR count). The molecular weight excluding hydrogens is 400 g/mol. The minimum absolute atomic E-state index is 0.263. The molecule has 5 atom stereocenters. The number of aliphatic hydroxyl groups is 5. The van der Waals surface area contributed by atoms with Gasteiger partial charge in [-0.25, -0.2) is 0 Å². The molecule has 0 aromatic carbocycles. The van der Waals surface area contributed by atoms with E-state index in [1.165, 1.54) is 70.6 Å². The number of Topliss-reactive ketones (excluding diaryl/α,β-unsaturated/α-hetero) is 1. The van der Waals surface area contributed by atoms with Gasteiger partial charge in [0.15, 0.2) is 0 Å². The lowest BCUT2D eigenvalue weighted by molar-refractivity contribution is -0.347. The van der Waals surface area contributed by atoms with Crippen LogP contribution in [0.1, 0.15) is 110 Å². The molecule has 31 heavy (non-hydrogen) atoms. The van der Waals surface area contributed by atoms with Gasteiger partial charge in [0.25, 0.3) is 0 Å². The maximum atomic E-state index is 12.2. The number of ketones is 1. The maximum absolute atomic E-state index is 12.2. The predicted octanol–water partition coefficient (Wildman–Crippen LogP) is 2.98. The fourth-order valence-electron chi connectivity index (χ4n) is 4.25. The SMILES string of the molecule is CCCCCCCCCCCCCCCCC(=O)C[C@]1(O)O[C@H](CO)[C@@H](O)[C@H](O)[C@H]1O. The van der Waals surface area contributed by atoms with Crippen LogP contribution in [0.25, 0.3) is 0 Å². The zero-order chi connectivity index (χ0) is 23.1. The summed E-state index contributed by atoms with van der Waals surface area (Å²) in [4.78, 5) is 12.2. The lowest BCUT2D eigenvalue weighted by atomic mass is 9.89. The van der Waals surface area contributed by atoms with E-state index in [1.807, 2.05) is 0 Å². The summed E-state index contributed by atoms with van der Waals surface area (Å²) in [5.74, 6) is -2.57. The average Bonchev–Trinajstić information content (AvgIpc) is 2.75. The van der Waals surface area contributed by atoms with Crippen molar-refractivity contribution in [1.82, 2.24) is 0 Å². The molecule has 1 fully saturated rings. The molecular formula is C24H46O7. The third-order valence-electron chi connectivity index (χ3n) is 6.31. The van der Waals surface area contributed by atoms with E-state index in [4.69, 9.17) is 4.74 Å². The second kappa shape index (κ2) is 16.1. The van der Waals surface area contributed by atoms with Gasteiger partial charge < -0.3 is 30.3 Å². The van der Waals surface area contributed by atoms with Crippen molar-refractivity contribution in [2.24, 2.45) is 0 Å². The normalized spacial score (nSPS) is 28.7. The Balaban J connectivity index is 2.06. The van der Waals surface area contributed by atoms with Gasteiger partial charge in [0.2, 0.25) is 5.79 Å². The van der Waals surface area contributed by atoms with Crippen LogP contribution in [-0.2, 0) is 9.53 Å². The number of rotatable bonds is 18. The van der Waals surface area contributed by atoms with E-state index in [2.05, 4.69) is 6.92 Å². The predicted molar refractivity (Wildman–Crippen MR) is 119 cm³/mol. The zero-order valence-electron chi connectivity index (χ0n) is 19.4. The molecule has 1 heterocycles. The standard InChI is InChI=1S/C24H46O7/c1-2-3-4-5-6-7-8-9-10-11-12-13-14-15-16-19(26)17-24(30)23(29)22(28)21(27)20(18-25)31-24/h20-23,25,27-30H,2-18H2,1H3/t20-,21-,22+,23-,24+/m1/s1. The highest BCUT2D eigenvalue weighted by Crippen LogP contribution is 2.31. The number of carbonyl (C=O) groups is 1. The quantitative estimate of drug-likeness (QED) is 0.205. The molecule has 0 spiro atoms. The number of hydrogen-bond acceptors (Lipinski definition) is 7. The summed E-state index contributed by atoms with van der Waals surface area (Å²) in [5.41, 5.74) is 0. The summed E-state index contributed by atoms with van der Waals surface area (Å²) in [7, 11) is 0. The van der Waals surface area contributed by atoms with E-state index in [1.54, 1.807) is 0 Å². The van der Waals surface area contributed by atoms with Crippen LogP contribution in [0, 0.1) is 0 Å². The van der Waals surface area contributed by atoms with Crippen LogP contribution in [-0.4, -0.2) is 68.1 Å². The average molecular weight is 447 g/mol. The van der Waals surface area contributed by atoms with Gasteiger partial charge in [-0.05, 0) is 6.42 Å². The summed E-state index contributed by atoms with van der Waals surface area (Å²) >= 11 is 0. The summed E-state index contributed by atoms with van der Waals surface area (Å²) in [6, 6.07) is 0. The maximum Gasteiger partial charge on any atom is 0.202 e. The molecule has 0 amide bonds. The number of hydrogen-bond donors (Lipinski definition) is 5. The Bertz CT molecular complexity index is 471. The summed E-state index contributed by atoms with van der Waals surface area (Å²) in [5, 5.41) is 49.2. The van der Waals surface area contributed by atoms with Crippen LogP contribution in [0.2, 0.25) is 0 Å². The fraction of sp³-hybridized carbons (Fsp3) is 0.958. The molecule has 0 aliphatic carbocycles. The Labute approximate surface area is 187 Å². The van der Waals surface area contributed by atoms with E-state index < -0.39 is 43.2 Å². The lowest BCUT2D eigenvalue weighted by Crippen LogP contribution is -2.65. The molecule has 0 aromatic rings. The Morgan fingerprint density at radius 1 is 0.774 bits per heavy atom. The molecule has 0 saturated carbocycles. The third-order valence-corrected chi connectivity index (χ3v) is 6.31. The second-order valence-electron chi connectivity index (χ2n) is 9.17. The Kier molecular flexibility index (Phi) is 14.8. The van der Waals surface area contributed by atoms with Gasteiger partial charge >= 0.3 is 0 Å². The largest absolute Gasteiger partial charge is 0.394 e. The van der Waals surface area contributed by atoms with Gasteiger partial charge in [0.05, 0.1) is 13.0 Å². The van der Waals surface area contributed by atoms with E-state index >= 15 is 0 Å². The van der Waals surface area contributed by atoms with Gasteiger partial charge in [-0.2, -0.15) is 0 Å². The monoisotopic (exact) mass is 446 g/mol. The third kappa shape index (κ3) is 10.7.